The van der Waals surface area contributed by atoms with Crippen LogP contribution in [-0.2, 0) is 12.8 Å². The second-order valence-corrected chi connectivity index (χ2v) is 4.57. The Morgan fingerprint density at radius 3 is 2.65 bits per heavy atom. The van der Waals surface area contributed by atoms with Gasteiger partial charge in [0.25, 0.3) is 0 Å². The summed E-state index contributed by atoms with van der Waals surface area (Å²) in [7, 11) is 0. The number of nitrogens with zero attached hydrogens (tertiary/aromatic N) is 2. The van der Waals surface area contributed by atoms with E-state index in [2.05, 4.69) is 16.0 Å². The van der Waals surface area contributed by atoms with Gasteiger partial charge in [-0.25, -0.2) is 0 Å². The fourth-order valence-corrected chi connectivity index (χ4v) is 2.56. The molecule has 3 rings (SSSR count). The lowest BCUT2D eigenvalue weighted by atomic mass is 10.00. The van der Waals surface area contributed by atoms with Crippen molar-refractivity contribution in [1.29, 1.82) is 0 Å². The molecule has 0 amide bonds. The molecule has 0 bridgehead atoms. The summed E-state index contributed by atoms with van der Waals surface area (Å²) in [5.41, 5.74) is 4.98. The normalized spacial score (nSPS) is 15.1. The molecule has 0 radical (unpaired) electrons. The summed E-state index contributed by atoms with van der Waals surface area (Å²) in [5, 5.41) is 0. The van der Waals surface area contributed by atoms with Gasteiger partial charge >= 0.3 is 0 Å². The van der Waals surface area contributed by atoms with Gasteiger partial charge in [0.2, 0.25) is 0 Å². The van der Waals surface area contributed by atoms with E-state index >= 15 is 0 Å². The molecule has 1 aliphatic rings. The molecule has 0 atom stereocenters. The van der Waals surface area contributed by atoms with Gasteiger partial charge < -0.3 is 0 Å². The zero-order chi connectivity index (χ0) is 11.5. The zero-order valence-electron chi connectivity index (χ0n) is 9.89. The maximum absolute atomic E-state index is 4.54. The van der Waals surface area contributed by atoms with E-state index in [1.807, 2.05) is 30.6 Å². The lowest BCUT2D eigenvalue weighted by Gasteiger charge is -2.10. The van der Waals surface area contributed by atoms with Crippen LogP contribution in [0.1, 0.15) is 30.4 Å². The van der Waals surface area contributed by atoms with Crippen LogP contribution in [0.25, 0.3) is 11.4 Å². The molecule has 0 fully saturated rings. The SMILES string of the molecule is c1ccc(-c2nccc3c2CCCCC3)nc1. The average molecular weight is 224 g/mol. The van der Waals surface area contributed by atoms with E-state index in [4.69, 9.17) is 0 Å². The summed E-state index contributed by atoms with van der Waals surface area (Å²) >= 11 is 0. The summed E-state index contributed by atoms with van der Waals surface area (Å²) in [5.74, 6) is 0. The van der Waals surface area contributed by atoms with Crippen LogP contribution in [0.2, 0.25) is 0 Å². The minimum atomic E-state index is 1.01. The van der Waals surface area contributed by atoms with Gasteiger partial charge in [0.05, 0.1) is 11.4 Å². The first-order chi connectivity index (χ1) is 8.45. The van der Waals surface area contributed by atoms with Crippen LogP contribution in [0.5, 0.6) is 0 Å². The fourth-order valence-electron chi connectivity index (χ4n) is 2.56. The van der Waals surface area contributed by atoms with E-state index in [-0.39, 0.29) is 0 Å². The predicted octanol–water partition coefficient (Wildman–Crippen LogP) is 3.41. The third-order valence-corrected chi connectivity index (χ3v) is 3.43. The molecule has 86 valence electrons. The minimum absolute atomic E-state index is 1.01. The van der Waals surface area contributed by atoms with Crippen LogP contribution in [0.4, 0.5) is 0 Å². The summed E-state index contributed by atoms with van der Waals surface area (Å²) in [6, 6.07) is 8.20. The van der Waals surface area contributed by atoms with E-state index in [0.29, 0.717) is 0 Å². The zero-order valence-corrected chi connectivity index (χ0v) is 9.89. The van der Waals surface area contributed by atoms with E-state index in [1.165, 1.54) is 36.8 Å². The van der Waals surface area contributed by atoms with Gasteiger partial charge in [-0.3, -0.25) is 9.97 Å². The molecule has 0 saturated carbocycles. The summed E-state index contributed by atoms with van der Waals surface area (Å²) in [4.78, 5) is 8.97. The maximum Gasteiger partial charge on any atom is 0.0920 e. The molecule has 0 spiro atoms. The molecule has 2 heterocycles. The second-order valence-electron chi connectivity index (χ2n) is 4.57. The molecule has 0 N–H and O–H groups in total. The number of fused-ring (bicyclic) bond motifs is 1. The fraction of sp³-hybridized carbons (Fsp3) is 0.333. The Bertz CT molecular complexity index is 506. The van der Waals surface area contributed by atoms with Crippen molar-refractivity contribution in [1.82, 2.24) is 9.97 Å². The first kappa shape index (κ1) is 10.5. The van der Waals surface area contributed by atoms with Crippen molar-refractivity contribution in [3.63, 3.8) is 0 Å². The molecule has 1 aliphatic carbocycles. The van der Waals surface area contributed by atoms with Crippen molar-refractivity contribution in [2.24, 2.45) is 0 Å². The highest BCUT2D eigenvalue weighted by Gasteiger charge is 2.14. The molecule has 17 heavy (non-hydrogen) atoms. The Morgan fingerprint density at radius 2 is 1.76 bits per heavy atom. The van der Waals surface area contributed by atoms with Gasteiger partial charge in [0.15, 0.2) is 0 Å². The Labute approximate surface area is 102 Å². The van der Waals surface area contributed by atoms with Crippen LogP contribution < -0.4 is 0 Å². The van der Waals surface area contributed by atoms with Gasteiger partial charge in [-0.2, -0.15) is 0 Å². The van der Waals surface area contributed by atoms with Gasteiger partial charge in [-0.1, -0.05) is 12.5 Å². The van der Waals surface area contributed by atoms with Crippen LogP contribution >= 0.6 is 0 Å². The molecule has 2 aromatic rings. The van der Waals surface area contributed by atoms with E-state index in [1.54, 1.807) is 0 Å². The quantitative estimate of drug-likeness (QED) is 0.694. The standard InChI is InChI=1S/C15H16N2/c1-2-6-12-9-11-17-15(13(12)7-3-1)14-8-4-5-10-16-14/h4-5,8-11H,1-3,6-7H2. The third-order valence-electron chi connectivity index (χ3n) is 3.43. The van der Waals surface area contributed by atoms with Crippen molar-refractivity contribution in [2.45, 2.75) is 32.1 Å². The summed E-state index contributed by atoms with van der Waals surface area (Å²) in [6.45, 7) is 0. The number of pyridine rings is 2. The molecule has 0 saturated heterocycles. The second kappa shape index (κ2) is 4.66. The first-order valence-corrected chi connectivity index (χ1v) is 6.33. The topological polar surface area (TPSA) is 25.8 Å². The van der Waals surface area contributed by atoms with Crippen LogP contribution in [-0.4, -0.2) is 9.97 Å². The highest BCUT2D eigenvalue weighted by molar-refractivity contribution is 5.60. The largest absolute Gasteiger partial charge is 0.255 e. The Balaban J connectivity index is 2.11. The first-order valence-electron chi connectivity index (χ1n) is 6.33. The Morgan fingerprint density at radius 1 is 0.824 bits per heavy atom. The maximum atomic E-state index is 4.54. The Hall–Kier alpha value is -1.70. The van der Waals surface area contributed by atoms with Crippen LogP contribution in [0, 0.1) is 0 Å². The minimum Gasteiger partial charge on any atom is -0.255 e. The van der Waals surface area contributed by atoms with Gasteiger partial charge in [-0.15, -0.1) is 0 Å². The number of hydrogen-bond acceptors (Lipinski definition) is 2. The lowest BCUT2D eigenvalue weighted by Crippen LogP contribution is -1.98. The van der Waals surface area contributed by atoms with Gasteiger partial charge in [-0.05, 0) is 55.0 Å². The molecule has 2 aromatic heterocycles. The monoisotopic (exact) mass is 224 g/mol. The number of hydrogen-bond donors (Lipinski definition) is 0. The van der Waals surface area contributed by atoms with Crippen molar-refractivity contribution in [3.8, 4) is 11.4 Å². The third kappa shape index (κ3) is 2.07. The predicted molar refractivity (Wildman–Crippen MR) is 68.7 cm³/mol. The van der Waals surface area contributed by atoms with E-state index in [9.17, 15) is 0 Å². The van der Waals surface area contributed by atoms with E-state index in [0.717, 1.165) is 17.8 Å². The molecule has 2 heteroatoms. The number of rotatable bonds is 1. The highest BCUT2D eigenvalue weighted by atomic mass is 14.8. The molecular weight excluding hydrogens is 208 g/mol. The molecule has 2 nitrogen and oxygen atoms in total. The van der Waals surface area contributed by atoms with Gasteiger partial charge in [0.1, 0.15) is 0 Å². The molecular formula is C15H16N2. The summed E-state index contributed by atoms with van der Waals surface area (Å²) < 4.78 is 0. The van der Waals surface area contributed by atoms with E-state index < -0.39 is 0 Å². The van der Waals surface area contributed by atoms with Gasteiger partial charge in [0, 0.05) is 12.4 Å². The summed E-state index contributed by atoms with van der Waals surface area (Å²) in [6.07, 6.45) is 10.0. The number of aryl methyl sites for hydroxylation is 1. The van der Waals surface area contributed by atoms with Crippen molar-refractivity contribution < 1.29 is 0 Å². The Kier molecular flexibility index (Phi) is 2.87. The average Bonchev–Trinajstić information content (AvgIpc) is 2.64. The van der Waals surface area contributed by atoms with Crippen molar-refractivity contribution in [3.05, 3.63) is 47.8 Å². The lowest BCUT2D eigenvalue weighted by molar-refractivity contribution is 0.711. The van der Waals surface area contributed by atoms with Crippen LogP contribution in [0.15, 0.2) is 36.7 Å². The highest BCUT2D eigenvalue weighted by Crippen LogP contribution is 2.27. The van der Waals surface area contributed by atoms with Crippen molar-refractivity contribution >= 4 is 0 Å². The molecule has 0 aromatic carbocycles. The number of aromatic nitrogens is 2. The smallest absolute Gasteiger partial charge is 0.0920 e. The van der Waals surface area contributed by atoms with Crippen molar-refractivity contribution in [2.75, 3.05) is 0 Å². The van der Waals surface area contributed by atoms with Crippen LogP contribution in [0.3, 0.4) is 0 Å². The molecule has 0 aliphatic heterocycles. The molecule has 0 unspecified atom stereocenters.